The lowest BCUT2D eigenvalue weighted by Gasteiger charge is -2.19. The molecule has 0 unspecified atom stereocenters. The van der Waals surface area contributed by atoms with Gasteiger partial charge in [0.1, 0.15) is 5.60 Å². The summed E-state index contributed by atoms with van der Waals surface area (Å²) in [6, 6.07) is 7.49. The molecule has 0 spiro atoms. The van der Waals surface area contributed by atoms with Crippen LogP contribution in [-0.2, 0) is 4.74 Å². The van der Waals surface area contributed by atoms with Crippen molar-refractivity contribution in [3.8, 4) is 0 Å². The average molecular weight is 314 g/mol. The molecule has 1 aromatic carbocycles. The van der Waals surface area contributed by atoms with Gasteiger partial charge in [-0.15, -0.1) is 0 Å². The number of fused-ring (bicyclic) bond motifs is 1. The lowest BCUT2D eigenvalue weighted by molar-refractivity contribution is 0.0529. The van der Waals surface area contributed by atoms with E-state index in [1.165, 1.54) is 0 Å². The molecule has 2 N–H and O–H groups in total. The third kappa shape index (κ3) is 5.62. The number of rotatable bonds is 4. The Kier molecular flexibility index (Phi) is 5.21. The maximum absolute atomic E-state index is 11.5. The van der Waals surface area contributed by atoms with Gasteiger partial charge >= 0.3 is 6.09 Å². The molecule has 1 aromatic heterocycles. The number of amides is 1. The summed E-state index contributed by atoms with van der Waals surface area (Å²) in [5, 5.41) is 4.60. The first kappa shape index (κ1) is 16.8. The summed E-state index contributed by atoms with van der Waals surface area (Å²) in [7, 11) is 0. The number of hydrogen-bond donors (Lipinski definition) is 2. The van der Waals surface area contributed by atoms with Gasteiger partial charge in [0.2, 0.25) is 5.56 Å². The third-order valence-corrected chi connectivity index (χ3v) is 3.06. The number of carbonyl (C=O) groups excluding carboxylic acids is 1. The molecule has 5 heteroatoms. The van der Waals surface area contributed by atoms with Gasteiger partial charge in [-0.2, -0.15) is 0 Å². The predicted octanol–water partition coefficient (Wildman–Crippen LogP) is 3.46. The van der Waals surface area contributed by atoms with E-state index in [-0.39, 0.29) is 5.56 Å². The number of carbonyl (C=O) groups is 1. The minimum Gasteiger partial charge on any atom is -0.444 e. The largest absolute Gasteiger partial charge is 0.444 e. The minimum atomic E-state index is -0.483. The molecule has 0 saturated carbocycles. The summed E-state index contributed by atoms with van der Waals surface area (Å²) in [6.07, 6.45) is 5.95. The van der Waals surface area contributed by atoms with E-state index in [0.717, 1.165) is 16.3 Å². The Balaban J connectivity index is 1.86. The Morgan fingerprint density at radius 1 is 1.26 bits per heavy atom. The van der Waals surface area contributed by atoms with E-state index in [1.54, 1.807) is 12.3 Å². The van der Waals surface area contributed by atoms with E-state index in [1.807, 2.05) is 51.1 Å². The SMILES string of the molecule is CC(C)(C)OC(=O)NCCC=Cc1ccc2c[nH]c(=O)cc2c1. The van der Waals surface area contributed by atoms with Crippen LogP contribution in [0.4, 0.5) is 4.79 Å². The van der Waals surface area contributed by atoms with Crippen LogP contribution in [0.25, 0.3) is 16.8 Å². The van der Waals surface area contributed by atoms with Crippen molar-refractivity contribution in [2.75, 3.05) is 6.54 Å². The number of pyridine rings is 1. The zero-order valence-corrected chi connectivity index (χ0v) is 13.7. The average Bonchev–Trinajstić information content (AvgIpc) is 2.44. The molecule has 2 aromatic rings. The highest BCUT2D eigenvalue weighted by molar-refractivity contribution is 5.83. The molecule has 0 aliphatic carbocycles. The molecule has 0 radical (unpaired) electrons. The van der Waals surface area contributed by atoms with Crippen LogP contribution in [0.1, 0.15) is 32.8 Å². The first-order valence-corrected chi connectivity index (χ1v) is 7.59. The van der Waals surface area contributed by atoms with Gasteiger partial charge in [-0.3, -0.25) is 4.79 Å². The van der Waals surface area contributed by atoms with Gasteiger partial charge in [0.25, 0.3) is 0 Å². The monoisotopic (exact) mass is 314 g/mol. The Bertz CT molecular complexity index is 770. The molecule has 122 valence electrons. The number of alkyl carbamates (subject to hydrolysis) is 1. The van der Waals surface area contributed by atoms with Gasteiger partial charge in [-0.05, 0) is 49.6 Å². The van der Waals surface area contributed by atoms with Crippen LogP contribution in [0.2, 0.25) is 0 Å². The molecule has 0 aliphatic heterocycles. The number of H-pyrrole nitrogens is 1. The predicted molar refractivity (Wildman–Crippen MR) is 92.5 cm³/mol. The Labute approximate surface area is 135 Å². The molecular formula is C18H22N2O3. The number of ether oxygens (including phenoxy) is 1. The van der Waals surface area contributed by atoms with Crippen LogP contribution < -0.4 is 10.9 Å². The standard InChI is InChI=1S/C18H22N2O3/c1-18(2,3)23-17(22)19-9-5-4-6-13-7-8-14-12-20-16(21)11-15(14)10-13/h4,6-8,10-12H,5,9H2,1-3H3,(H,19,22)(H,20,21). The smallest absolute Gasteiger partial charge is 0.407 e. The van der Waals surface area contributed by atoms with Crippen LogP contribution in [0.5, 0.6) is 0 Å². The second kappa shape index (κ2) is 7.13. The summed E-state index contributed by atoms with van der Waals surface area (Å²) in [6.45, 7) is 6.00. The van der Waals surface area contributed by atoms with Crippen LogP contribution >= 0.6 is 0 Å². The van der Waals surface area contributed by atoms with Crippen molar-refractivity contribution in [2.45, 2.75) is 32.8 Å². The Hall–Kier alpha value is -2.56. The number of aromatic nitrogens is 1. The van der Waals surface area contributed by atoms with Gasteiger partial charge in [0.05, 0.1) is 0 Å². The van der Waals surface area contributed by atoms with Crippen LogP contribution in [0.15, 0.2) is 41.3 Å². The fourth-order valence-electron chi connectivity index (χ4n) is 2.08. The fourth-order valence-corrected chi connectivity index (χ4v) is 2.08. The number of benzene rings is 1. The van der Waals surface area contributed by atoms with Crippen molar-refractivity contribution in [2.24, 2.45) is 0 Å². The molecule has 0 fully saturated rings. The molecule has 1 heterocycles. The molecule has 0 bridgehead atoms. The first-order valence-electron chi connectivity index (χ1n) is 7.59. The van der Waals surface area contributed by atoms with Crippen LogP contribution in [0, 0.1) is 0 Å². The fraction of sp³-hybridized carbons (Fsp3) is 0.333. The topological polar surface area (TPSA) is 71.2 Å². The second-order valence-electron chi connectivity index (χ2n) is 6.31. The van der Waals surface area contributed by atoms with Crippen LogP contribution in [0.3, 0.4) is 0 Å². The Morgan fingerprint density at radius 2 is 2.04 bits per heavy atom. The molecular weight excluding hydrogens is 292 g/mol. The normalized spacial score (nSPS) is 11.8. The van der Waals surface area contributed by atoms with Crippen molar-refractivity contribution in [1.29, 1.82) is 0 Å². The molecule has 0 saturated heterocycles. The van der Waals surface area contributed by atoms with Crippen LogP contribution in [-0.4, -0.2) is 23.2 Å². The van der Waals surface area contributed by atoms with E-state index in [0.29, 0.717) is 13.0 Å². The zero-order chi connectivity index (χ0) is 16.9. The summed E-state index contributed by atoms with van der Waals surface area (Å²) < 4.78 is 5.16. The summed E-state index contributed by atoms with van der Waals surface area (Å²) in [5.74, 6) is 0. The van der Waals surface area contributed by atoms with Crippen molar-refractivity contribution >= 4 is 22.9 Å². The molecule has 5 nitrogen and oxygen atoms in total. The third-order valence-electron chi connectivity index (χ3n) is 3.06. The van der Waals surface area contributed by atoms with E-state index in [4.69, 9.17) is 4.74 Å². The lowest BCUT2D eigenvalue weighted by atomic mass is 10.1. The molecule has 0 atom stereocenters. The molecule has 1 amide bonds. The van der Waals surface area contributed by atoms with E-state index >= 15 is 0 Å². The quantitative estimate of drug-likeness (QED) is 0.849. The summed E-state index contributed by atoms with van der Waals surface area (Å²) in [5.41, 5.74) is 0.420. The summed E-state index contributed by atoms with van der Waals surface area (Å²) >= 11 is 0. The Morgan fingerprint density at radius 3 is 2.78 bits per heavy atom. The number of nitrogens with one attached hydrogen (secondary N) is 2. The van der Waals surface area contributed by atoms with Crippen molar-refractivity contribution in [1.82, 2.24) is 10.3 Å². The van der Waals surface area contributed by atoms with Gasteiger partial charge in [0, 0.05) is 18.8 Å². The van der Waals surface area contributed by atoms with E-state index < -0.39 is 11.7 Å². The van der Waals surface area contributed by atoms with Crippen molar-refractivity contribution in [3.05, 3.63) is 52.5 Å². The number of hydrogen-bond acceptors (Lipinski definition) is 3. The number of aromatic amines is 1. The van der Waals surface area contributed by atoms with Gasteiger partial charge in [-0.1, -0.05) is 24.3 Å². The maximum Gasteiger partial charge on any atom is 0.407 e. The zero-order valence-electron chi connectivity index (χ0n) is 13.7. The highest BCUT2D eigenvalue weighted by atomic mass is 16.6. The molecule has 23 heavy (non-hydrogen) atoms. The van der Waals surface area contributed by atoms with Gasteiger partial charge in [-0.25, -0.2) is 4.79 Å². The summed E-state index contributed by atoms with van der Waals surface area (Å²) in [4.78, 5) is 25.5. The van der Waals surface area contributed by atoms with Crippen molar-refractivity contribution < 1.29 is 9.53 Å². The lowest BCUT2D eigenvalue weighted by Crippen LogP contribution is -2.32. The van der Waals surface area contributed by atoms with E-state index in [2.05, 4.69) is 10.3 Å². The highest BCUT2D eigenvalue weighted by Gasteiger charge is 2.15. The molecule has 0 aliphatic rings. The molecule has 2 rings (SSSR count). The van der Waals surface area contributed by atoms with Gasteiger partial charge in [0.15, 0.2) is 0 Å². The van der Waals surface area contributed by atoms with Crippen molar-refractivity contribution in [3.63, 3.8) is 0 Å². The minimum absolute atomic E-state index is 0.111. The van der Waals surface area contributed by atoms with E-state index in [9.17, 15) is 9.59 Å². The van der Waals surface area contributed by atoms with Gasteiger partial charge < -0.3 is 15.0 Å². The maximum atomic E-state index is 11.5. The highest BCUT2D eigenvalue weighted by Crippen LogP contribution is 2.14. The first-order chi connectivity index (χ1) is 10.8. The second-order valence-corrected chi connectivity index (χ2v) is 6.31.